The number of ether oxygens (including phenoxy) is 1. The lowest BCUT2D eigenvalue weighted by Gasteiger charge is -2.11. The summed E-state index contributed by atoms with van der Waals surface area (Å²) < 4.78 is 39.1. The van der Waals surface area contributed by atoms with Gasteiger partial charge in [-0.3, -0.25) is 4.98 Å². The molecule has 1 aromatic heterocycles. The molecule has 0 aliphatic carbocycles. The van der Waals surface area contributed by atoms with Gasteiger partial charge >= 0.3 is 6.36 Å². The van der Waals surface area contributed by atoms with E-state index in [1.54, 1.807) is 0 Å². The maximum Gasteiger partial charge on any atom is 0.573 e. The Bertz CT molecular complexity index is 329. The first kappa shape index (κ1) is 11.1. The van der Waals surface area contributed by atoms with E-state index in [1.807, 2.05) is 0 Å². The summed E-state index contributed by atoms with van der Waals surface area (Å²) in [6.45, 7) is 0.000883. The average molecular weight is 227 g/mol. The zero-order valence-corrected chi connectivity index (χ0v) is 7.56. The highest BCUT2D eigenvalue weighted by Crippen LogP contribution is 2.31. The van der Waals surface area contributed by atoms with E-state index >= 15 is 0 Å². The monoisotopic (exact) mass is 226 g/mol. The van der Waals surface area contributed by atoms with Crippen LogP contribution < -0.4 is 10.5 Å². The van der Waals surface area contributed by atoms with Gasteiger partial charge in [0.2, 0.25) is 0 Å². The third-order valence-corrected chi connectivity index (χ3v) is 1.80. The summed E-state index contributed by atoms with van der Waals surface area (Å²) in [4.78, 5) is 3.51. The van der Waals surface area contributed by atoms with Gasteiger partial charge in [0.25, 0.3) is 0 Å². The fourth-order valence-corrected chi connectivity index (χ4v) is 1.02. The lowest BCUT2D eigenvalue weighted by molar-refractivity contribution is -0.274. The quantitative estimate of drug-likeness (QED) is 0.840. The predicted molar refractivity (Wildman–Crippen MR) is 43.8 cm³/mol. The van der Waals surface area contributed by atoms with Gasteiger partial charge in [0.15, 0.2) is 5.75 Å². The van der Waals surface area contributed by atoms with Gasteiger partial charge in [0.1, 0.15) is 0 Å². The highest BCUT2D eigenvalue weighted by molar-refractivity contribution is 6.32. The highest BCUT2D eigenvalue weighted by atomic mass is 35.5. The number of pyridine rings is 1. The number of nitrogens with two attached hydrogens (primary N) is 1. The first-order valence-electron chi connectivity index (χ1n) is 3.52. The van der Waals surface area contributed by atoms with Gasteiger partial charge in [-0.05, 0) is 0 Å². The number of aromatic nitrogens is 1. The molecule has 0 radical (unpaired) electrons. The molecule has 0 atom stereocenters. The van der Waals surface area contributed by atoms with E-state index in [9.17, 15) is 13.2 Å². The molecule has 2 N–H and O–H groups in total. The van der Waals surface area contributed by atoms with E-state index in [-0.39, 0.29) is 11.6 Å². The molecule has 78 valence electrons. The lowest BCUT2D eigenvalue weighted by Crippen LogP contribution is -2.18. The van der Waals surface area contributed by atoms with Crippen LogP contribution in [0.15, 0.2) is 12.4 Å². The van der Waals surface area contributed by atoms with E-state index in [4.69, 9.17) is 17.3 Å². The molecule has 0 aliphatic rings. The van der Waals surface area contributed by atoms with Crippen molar-refractivity contribution in [2.45, 2.75) is 12.9 Å². The van der Waals surface area contributed by atoms with Crippen molar-refractivity contribution in [2.75, 3.05) is 0 Å². The minimum Gasteiger partial charge on any atom is -0.403 e. The van der Waals surface area contributed by atoms with Gasteiger partial charge in [0, 0.05) is 18.3 Å². The minimum absolute atomic E-state index is 0.000883. The second kappa shape index (κ2) is 4.02. The Balaban J connectivity index is 2.98. The van der Waals surface area contributed by atoms with Crippen molar-refractivity contribution in [2.24, 2.45) is 5.73 Å². The molecule has 0 saturated heterocycles. The van der Waals surface area contributed by atoms with Crippen LogP contribution in [-0.4, -0.2) is 11.3 Å². The molecule has 0 bridgehead atoms. The average Bonchev–Trinajstić information content (AvgIpc) is 2.06. The van der Waals surface area contributed by atoms with Crippen molar-refractivity contribution in [1.82, 2.24) is 4.98 Å². The van der Waals surface area contributed by atoms with Crippen LogP contribution in [0.2, 0.25) is 5.02 Å². The van der Waals surface area contributed by atoms with Crippen LogP contribution in [0.4, 0.5) is 13.2 Å². The van der Waals surface area contributed by atoms with Crippen molar-refractivity contribution in [3.05, 3.63) is 23.0 Å². The van der Waals surface area contributed by atoms with Crippen LogP contribution in [0.25, 0.3) is 0 Å². The lowest BCUT2D eigenvalue weighted by atomic mass is 10.3. The first-order chi connectivity index (χ1) is 6.44. The molecule has 0 unspecified atom stereocenters. The molecular weight excluding hydrogens is 221 g/mol. The van der Waals surface area contributed by atoms with E-state index in [2.05, 4.69) is 9.72 Å². The zero-order chi connectivity index (χ0) is 10.8. The third kappa shape index (κ3) is 2.74. The molecule has 7 heteroatoms. The van der Waals surface area contributed by atoms with Crippen molar-refractivity contribution < 1.29 is 17.9 Å². The summed E-state index contributed by atoms with van der Waals surface area (Å²) in [5.74, 6) is -0.540. The second-order valence-electron chi connectivity index (χ2n) is 2.36. The smallest absolute Gasteiger partial charge is 0.403 e. The molecule has 3 nitrogen and oxygen atoms in total. The second-order valence-corrected chi connectivity index (χ2v) is 2.74. The van der Waals surface area contributed by atoms with Crippen LogP contribution in [0.5, 0.6) is 5.75 Å². The maximum absolute atomic E-state index is 11.8. The fraction of sp³-hybridized carbons (Fsp3) is 0.286. The summed E-state index contributed by atoms with van der Waals surface area (Å²) in [5, 5.41) is -0.167. The molecule has 1 aromatic rings. The molecule has 0 fully saturated rings. The highest BCUT2D eigenvalue weighted by Gasteiger charge is 2.32. The standard InChI is InChI=1S/C7H6ClF3N2O/c8-6-4(1-12)2-13-3-5(6)14-7(9,10)11/h2-3H,1,12H2. The fourth-order valence-electron chi connectivity index (χ4n) is 0.805. The normalized spacial score (nSPS) is 11.5. The number of hydrogen-bond acceptors (Lipinski definition) is 3. The molecule has 0 amide bonds. The van der Waals surface area contributed by atoms with Gasteiger partial charge in [-0.15, -0.1) is 13.2 Å². The van der Waals surface area contributed by atoms with E-state index in [0.29, 0.717) is 5.56 Å². The van der Waals surface area contributed by atoms with Crippen LogP contribution in [0, 0.1) is 0 Å². The molecule has 0 spiro atoms. The van der Waals surface area contributed by atoms with Crippen LogP contribution in [-0.2, 0) is 6.54 Å². The van der Waals surface area contributed by atoms with Crippen molar-refractivity contribution >= 4 is 11.6 Å². The molecule has 1 heterocycles. The first-order valence-corrected chi connectivity index (χ1v) is 3.90. The van der Waals surface area contributed by atoms with Crippen LogP contribution >= 0.6 is 11.6 Å². The van der Waals surface area contributed by atoms with Crippen molar-refractivity contribution in [1.29, 1.82) is 0 Å². The van der Waals surface area contributed by atoms with Gasteiger partial charge < -0.3 is 10.5 Å². The molecule has 0 aromatic carbocycles. The molecule has 0 saturated carbocycles. The van der Waals surface area contributed by atoms with Crippen molar-refractivity contribution in [3.63, 3.8) is 0 Å². The van der Waals surface area contributed by atoms with Crippen LogP contribution in [0.3, 0.4) is 0 Å². The maximum atomic E-state index is 11.8. The molecule has 14 heavy (non-hydrogen) atoms. The van der Waals surface area contributed by atoms with E-state index in [0.717, 1.165) is 6.20 Å². The number of halogens is 4. The van der Waals surface area contributed by atoms with E-state index < -0.39 is 12.1 Å². The zero-order valence-electron chi connectivity index (χ0n) is 6.81. The van der Waals surface area contributed by atoms with Crippen molar-refractivity contribution in [3.8, 4) is 5.75 Å². The Kier molecular flexibility index (Phi) is 3.17. The van der Waals surface area contributed by atoms with Gasteiger partial charge in [-0.1, -0.05) is 11.6 Å². The molecule has 0 aliphatic heterocycles. The summed E-state index contributed by atoms with van der Waals surface area (Å²) >= 11 is 5.57. The summed E-state index contributed by atoms with van der Waals surface area (Å²) in [7, 11) is 0. The number of alkyl halides is 3. The predicted octanol–water partition coefficient (Wildman–Crippen LogP) is 2.09. The summed E-state index contributed by atoms with van der Waals surface area (Å²) in [6.07, 6.45) is -2.61. The number of rotatable bonds is 2. The number of nitrogens with zero attached hydrogens (tertiary/aromatic N) is 1. The van der Waals surface area contributed by atoms with E-state index in [1.165, 1.54) is 6.20 Å². The minimum atomic E-state index is -4.78. The summed E-state index contributed by atoms with van der Waals surface area (Å²) in [5.41, 5.74) is 5.52. The Morgan fingerprint density at radius 2 is 2.07 bits per heavy atom. The Hall–Kier alpha value is -1.01. The van der Waals surface area contributed by atoms with Gasteiger partial charge in [-0.25, -0.2) is 0 Å². The van der Waals surface area contributed by atoms with Gasteiger partial charge in [-0.2, -0.15) is 0 Å². The summed E-state index contributed by atoms with van der Waals surface area (Å²) in [6, 6.07) is 0. The Morgan fingerprint density at radius 3 is 2.57 bits per heavy atom. The topological polar surface area (TPSA) is 48.1 Å². The van der Waals surface area contributed by atoms with Gasteiger partial charge in [0.05, 0.1) is 11.2 Å². The Labute approximate surface area is 82.6 Å². The number of hydrogen-bond donors (Lipinski definition) is 1. The largest absolute Gasteiger partial charge is 0.573 e. The Morgan fingerprint density at radius 1 is 1.43 bits per heavy atom. The third-order valence-electron chi connectivity index (χ3n) is 1.37. The molecule has 1 rings (SSSR count). The molecular formula is C7H6ClF3N2O. The van der Waals surface area contributed by atoms with Crippen LogP contribution in [0.1, 0.15) is 5.56 Å². The SMILES string of the molecule is NCc1cncc(OC(F)(F)F)c1Cl.